The first-order valence-corrected chi connectivity index (χ1v) is 6.76. The van der Waals surface area contributed by atoms with Crippen LogP contribution in [0.2, 0.25) is 0 Å². The van der Waals surface area contributed by atoms with Crippen LogP contribution in [0, 0.1) is 0 Å². The molecule has 2 aliphatic heterocycles. The van der Waals surface area contributed by atoms with Crippen LogP contribution in [0.3, 0.4) is 0 Å². The number of rotatable bonds is 1. The number of piperidine rings is 1. The lowest BCUT2D eigenvalue weighted by molar-refractivity contribution is -0.126. The van der Waals surface area contributed by atoms with Crippen molar-refractivity contribution in [2.45, 2.75) is 69.5 Å². The third-order valence-electron chi connectivity index (χ3n) is 4.89. The van der Waals surface area contributed by atoms with Gasteiger partial charge in [0, 0.05) is 25.0 Å². The molecule has 0 aromatic heterocycles. The van der Waals surface area contributed by atoms with Crippen molar-refractivity contribution in [2.24, 2.45) is 0 Å². The lowest BCUT2D eigenvalue weighted by atomic mass is 9.85. The highest BCUT2D eigenvalue weighted by molar-refractivity contribution is 5.78. The summed E-state index contributed by atoms with van der Waals surface area (Å²) in [5.41, 5.74) is 0.0674. The molecule has 1 amide bonds. The second-order valence-corrected chi connectivity index (χ2v) is 5.95. The number of hydrogen-bond acceptors (Lipinski definition) is 2. The predicted octanol–water partition coefficient (Wildman–Crippen LogP) is 1.67. The van der Waals surface area contributed by atoms with E-state index in [2.05, 4.69) is 17.1 Å². The summed E-state index contributed by atoms with van der Waals surface area (Å²) in [6, 6.07) is 1.41. The minimum absolute atomic E-state index is 0.0674. The molecule has 2 heterocycles. The van der Waals surface area contributed by atoms with E-state index in [-0.39, 0.29) is 11.4 Å². The summed E-state index contributed by atoms with van der Waals surface area (Å²) in [6.07, 6.45) is 8.48. The standard InChI is InChI=1S/C13H22N2O/c1-13-8-9-15(10-4-2-3-5-10)11(13)6-7-12(16)14-13/h10-11H,2-9H2,1H3,(H,14,16)/t11-,13-/m0/s1. The predicted molar refractivity (Wildman–Crippen MR) is 63.1 cm³/mol. The van der Waals surface area contributed by atoms with Gasteiger partial charge in [0.15, 0.2) is 0 Å². The Bertz CT molecular complexity index is 298. The number of nitrogens with one attached hydrogen (secondary N) is 1. The molecule has 3 nitrogen and oxygen atoms in total. The van der Waals surface area contributed by atoms with Gasteiger partial charge in [0.05, 0.1) is 5.54 Å². The van der Waals surface area contributed by atoms with Crippen molar-refractivity contribution in [1.29, 1.82) is 0 Å². The highest BCUT2D eigenvalue weighted by atomic mass is 16.1. The molecule has 3 fully saturated rings. The Morgan fingerprint density at radius 1 is 1.31 bits per heavy atom. The number of nitrogens with zero attached hydrogens (tertiary/aromatic N) is 1. The molecule has 90 valence electrons. The van der Waals surface area contributed by atoms with Gasteiger partial charge in [-0.15, -0.1) is 0 Å². The van der Waals surface area contributed by atoms with Gasteiger partial charge in [-0.1, -0.05) is 12.8 Å². The van der Waals surface area contributed by atoms with Crippen LogP contribution >= 0.6 is 0 Å². The van der Waals surface area contributed by atoms with Crippen LogP contribution in [0.4, 0.5) is 0 Å². The second-order valence-electron chi connectivity index (χ2n) is 5.95. The number of carbonyl (C=O) groups excluding carboxylic acids is 1. The third-order valence-corrected chi connectivity index (χ3v) is 4.89. The molecule has 1 N–H and O–H groups in total. The zero-order chi connectivity index (χ0) is 11.2. The number of likely N-dealkylation sites (tertiary alicyclic amines) is 1. The van der Waals surface area contributed by atoms with Crippen molar-refractivity contribution in [3.8, 4) is 0 Å². The molecule has 3 rings (SSSR count). The van der Waals surface area contributed by atoms with Crippen molar-refractivity contribution in [3.05, 3.63) is 0 Å². The van der Waals surface area contributed by atoms with Crippen LogP contribution in [-0.4, -0.2) is 35.0 Å². The highest BCUT2D eigenvalue weighted by Gasteiger charge is 2.49. The van der Waals surface area contributed by atoms with Gasteiger partial charge >= 0.3 is 0 Å². The summed E-state index contributed by atoms with van der Waals surface area (Å²) >= 11 is 0. The highest BCUT2D eigenvalue weighted by Crippen LogP contribution is 2.39. The number of carbonyl (C=O) groups is 1. The van der Waals surface area contributed by atoms with Gasteiger partial charge in [-0.2, -0.15) is 0 Å². The van der Waals surface area contributed by atoms with E-state index in [1.165, 1.54) is 32.2 Å². The maximum absolute atomic E-state index is 11.5. The quantitative estimate of drug-likeness (QED) is 0.732. The summed E-state index contributed by atoms with van der Waals surface area (Å²) in [5, 5.41) is 3.23. The van der Waals surface area contributed by atoms with Gasteiger partial charge in [-0.05, 0) is 32.6 Å². The fourth-order valence-electron chi connectivity index (χ4n) is 4.00. The summed E-state index contributed by atoms with van der Waals surface area (Å²) in [7, 11) is 0. The number of fused-ring (bicyclic) bond motifs is 1. The fraction of sp³-hybridized carbons (Fsp3) is 0.923. The van der Waals surface area contributed by atoms with Crippen molar-refractivity contribution >= 4 is 5.91 Å². The SMILES string of the molecule is C[C@]12CCN(C3CCCC3)[C@H]1CCC(=O)N2. The molecule has 2 saturated heterocycles. The first-order chi connectivity index (χ1) is 7.69. The van der Waals surface area contributed by atoms with E-state index in [0.717, 1.165) is 25.3 Å². The zero-order valence-electron chi connectivity index (χ0n) is 10.2. The molecule has 1 saturated carbocycles. The monoisotopic (exact) mass is 222 g/mol. The van der Waals surface area contributed by atoms with E-state index >= 15 is 0 Å². The van der Waals surface area contributed by atoms with E-state index in [0.29, 0.717) is 6.04 Å². The Morgan fingerprint density at radius 3 is 2.81 bits per heavy atom. The lowest BCUT2D eigenvalue weighted by Crippen LogP contribution is -2.59. The van der Waals surface area contributed by atoms with Gasteiger partial charge in [0.25, 0.3) is 0 Å². The first-order valence-electron chi connectivity index (χ1n) is 6.76. The van der Waals surface area contributed by atoms with Crippen LogP contribution < -0.4 is 5.32 Å². The van der Waals surface area contributed by atoms with Gasteiger partial charge < -0.3 is 5.32 Å². The Balaban J connectivity index is 1.76. The van der Waals surface area contributed by atoms with E-state index in [9.17, 15) is 4.79 Å². The minimum Gasteiger partial charge on any atom is -0.349 e. The molecular formula is C13H22N2O. The molecule has 16 heavy (non-hydrogen) atoms. The molecule has 0 aromatic carbocycles. The molecule has 0 radical (unpaired) electrons. The summed E-state index contributed by atoms with van der Waals surface area (Å²) < 4.78 is 0. The molecule has 2 atom stereocenters. The normalized spacial score (nSPS) is 41.1. The molecular weight excluding hydrogens is 200 g/mol. The van der Waals surface area contributed by atoms with E-state index in [1.54, 1.807) is 0 Å². The Kier molecular flexibility index (Phi) is 2.46. The summed E-state index contributed by atoms with van der Waals surface area (Å²) in [6.45, 7) is 3.43. The largest absolute Gasteiger partial charge is 0.349 e. The number of hydrogen-bond donors (Lipinski definition) is 1. The van der Waals surface area contributed by atoms with Crippen molar-refractivity contribution < 1.29 is 4.79 Å². The molecule has 0 unspecified atom stereocenters. The van der Waals surface area contributed by atoms with Gasteiger partial charge in [-0.3, -0.25) is 9.69 Å². The van der Waals surface area contributed by atoms with E-state index < -0.39 is 0 Å². The van der Waals surface area contributed by atoms with Crippen molar-refractivity contribution in [2.75, 3.05) is 6.54 Å². The van der Waals surface area contributed by atoms with Crippen LogP contribution in [0.1, 0.15) is 51.9 Å². The topological polar surface area (TPSA) is 32.3 Å². The molecule has 1 aliphatic carbocycles. The molecule has 3 aliphatic rings. The van der Waals surface area contributed by atoms with Crippen molar-refractivity contribution in [1.82, 2.24) is 10.2 Å². The van der Waals surface area contributed by atoms with E-state index in [1.807, 2.05) is 0 Å². The average molecular weight is 222 g/mol. The van der Waals surface area contributed by atoms with Gasteiger partial charge in [0.1, 0.15) is 0 Å². The molecule has 0 spiro atoms. The van der Waals surface area contributed by atoms with Crippen LogP contribution in [0.15, 0.2) is 0 Å². The Morgan fingerprint density at radius 2 is 2.06 bits per heavy atom. The smallest absolute Gasteiger partial charge is 0.220 e. The molecule has 0 aromatic rings. The first kappa shape index (κ1) is 10.6. The zero-order valence-corrected chi connectivity index (χ0v) is 10.2. The number of amides is 1. The van der Waals surface area contributed by atoms with Gasteiger partial charge in [-0.25, -0.2) is 0 Å². The maximum Gasteiger partial charge on any atom is 0.220 e. The van der Waals surface area contributed by atoms with Crippen LogP contribution in [0.25, 0.3) is 0 Å². The maximum atomic E-state index is 11.5. The van der Waals surface area contributed by atoms with Crippen LogP contribution in [-0.2, 0) is 4.79 Å². The molecule has 3 heteroatoms. The van der Waals surface area contributed by atoms with Gasteiger partial charge in [0.2, 0.25) is 5.91 Å². The molecule has 0 bridgehead atoms. The fourth-order valence-corrected chi connectivity index (χ4v) is 4.00. The van der Waals surface area contributed by atoms with E-state index in [4.69, 9.17) is 0 Å². The minimum atomic E-state index is 0.0674. The summed E-state index contributed by atoms with van der Waals surface area (Å²) in [5.74, 6) is 0.257. The summed E-state index contributed by atoms with van der Waals surface area (Å²) in [4.78, 5) is 14.2. The third kappa shape index (κ3) is 1.56. The lowest BCUT2D eigenvalue weighted by Gasteiger charge is -2.41. The second kappa shape index (κ2) is 3.73. The average Bonchev–Trinajstić information content (AvgIpc) is 2.82. The van der Waals surface area contributed by atoms with Crippen molar-refractivity contribution in [3.63, 3.8) is 0 Å². The Labute approximate surface area is 97.6 Å². The Hall–Kier alpha value is -0.570. The van der Waals surface area contributed by atoms with Crippen LogP contribution in [0.5, 0.6) is 0 Å².